The monoisotopic (exact) mass is 288 g/mol. The second-order valence-corrected chi connectivity index (χ2v) is 5.52. The van der Waals surface area contributed by atoms with E-state index in [0.717, 1.165) is 16.6 Å². The van der Waals surface area contributed by atoms with Crippen LogP contribution in [0.4, 0.5) is 11.4 Å². The first-order chi connectivity index (χ1) is 8.75. The van der Waals surface area contributed by atoms with Crippen molar-refractivity contribution in [2.45, 2.75) is 0 Å². The van der Waals surface area contributed by atoms with Crippen molar-refractivity contribution in [1.29, 1.82) is 0 Å². The van der Waals surface area contributed by atoms with Crippen LogP contribution < -0.4 is 15.6 Å². The minimum Gasteiger partial charge on any atom is -0.293 e. The summed E-state index contributed by atoms with van der Waals surface area (Å²) in [7, 11) is -3.77. The van der Waals surface area contributed by atoms with Gasteiger partial charge in [0.15, 0.2) is 0 Å². The van der Waals surface area contributed by atoms with Crippen molar-refractivity contribution in [2.75, 3.05) is 17.1 Å². The summed E-state index contributed by atoms with van der Waals surface area (Å²) in [6, 6.07) is 4.95. The molecule has 9 nitrogen and oxygen atoms in total. The summed E-state index contributed by atoms with van der Waals surface area (Å²) in [5, 5.41) is 10.6. The number of nitro benzene ring substituents is 1. The molecular formula is C9H12N4O5S. The standard InChI is InChI=1S/C9H12N4O5S/c1-19(17,18)12(6-9(14)11-10)7-3-2-4-8(5-7)13(15)16/h2-5H,6,10H2,1H3,(H,11,14). The fraction of sp³-hybridized carbons (Fsp3) is 0.222. The highest BCUT2D eigenvalue weighted by atomic mass is 32.2. The van der Waals surface area contributed by atoms with E-state index in [0.29, 0.717) is 0 Å². The van der Waals surface area contributed by atoms with Gasteiger partial charge in [-0.2, -0.15) is 0 Å². The summed E-state index contributed by atoms with van der Waals surface area (Å²) in [5.41, 5.74) is 1.53. The Labute approximate surface area is 109 Å². The molecule has 1 rings (SSSR count). The van der Waals surface area contributed by atoms with Crippen LogP contribution in [0.2, 0.25) is 0 Å². The summed E-state index contributed by atoms with van der Waals surface area (Å²) in [5.74, 6) is 4.15. The molecule has 19 heavy (non-hydrogen) atoms. The van der Waals surface area contributed by atoms with E-state index in [1.165, 1.54) is 18.2 Å². The highest BCUT2D eigenvalue weighted by Crippen LogP contribution is 2.22. The lowest BCUT2D eigenvalue weighted by Gasteiger charge is -2.20. The van der Waals surface area contributed by atoms with E-state index in [1.54, 1.807) is 5.43 Å². The van der Waals surface area contributed by atoms with E-state index in [-0.39, 0.29) is 11.4 Å². The average Bonchev–Trinajstić information content (AvgIpc) is 2.34. The number of nitrogens with zero attached hydrogens (tertiary/aromatic N) is 2. The second kappa shape index (κ2) is 5.63. The molecule has 0 saturated heterocycles. The Balaban J connectivity index is 3.22. The van der Waals surface area contributed by atoms with Crippen molar-refractivity contribution in [3.8, 4) is 0 Å². The quantitative estimate of drug-likeness (QED) is 0.320. The van der Waals surface area contributed by atoms with Gasteiger partial charge in [-0.05, 0) is 6.07 Å². The molecule has 0 aromatic heterocycles. The van der Waals surface area contributed by atoms with Gasteiger partial charge in [0, 0.05) is 12.1 Å². The third-order valence-electron chi connectivity index (χ3n) is 2.18. The lowest BCUT2D eigenvalue weighted by atomic mass is 10.3. The number of non-ortho nitro benzene ring substituents is 1. The Morgan fingerprint density at radius 1 is 1.53 bits per heavy atom. The first kappa shape index (κ1) is 14.9. The average molecular weight is 288 g/mol. The predicted molar refractivity (Wildman–Crippen MR) is 67.6 cm³/mol. The van der Waals surface area contributed by atoms with Crippen molar-refractivity contribution in [3.63, 3.8) is 0 Å². The van der Waals surface area contributed by atoms with Crippen LogP contribution in [0.25, 0.3) is 0 Å². The number of carbonyl (C=O) groups is 1. The third-order valence-corrected chi connectivity index (χ3v) is 3.32. The van der Waals surface area contributed by atoms with E-state index in [9.17, 15) is 23.3 Å². The first-order valence-electron chi connectivity index (χ1n) is 4.97. The smallest absolute Gasteiger partial charge is 0.271 e. The number of hydrogen-bond donors (Lipinski definition) is 2. The summed E-state index contributed by atoms with van der Waals surface area (Å²) < 4.78 is 23.9. The van der Waals surface area contributed by atoms with Crippen molar-refractivity contribution >= 4 is 27.3 Å². The maximum atomic E-state index is 11.6. The highest BCUT2D eigenvalue weighted by Gasteiger charge is 2.22. The number of amides is 1. The van der Waals surface area contributed by atoms with E-state index in [4.69, 9.17) is 5.84 Å². The molecule has 104 valence electrons. The topological polar surface area (TPSA) is 136 Å². The van der Waals surface area contributed by atoms with Gasteiger partial charge in [0.2, 0.25) is 10.0 Å². The number of nitrogens with one attached hydrogen (secondary N) is 1. The summed E-state index contributed by atoms with van der Waals surface area (Å²) in [6.07, 6.45) is 0.885. The molecular weight excluding hydrogens is 276 g/mol. The number of rotatable bonds is 5. The third kappa shape index (κ3) is 3.89. The number of anilines is 1. The molecule has 0 atom stereocenters. The minimum absolute atomic E-state index is 0.0142. The molecule has 0 fully saturated rings. The maximum absolute atomic E-state index is 11.6. The lowest BCUT2D eigenvalue weighted by molar-refractivity contribution is -0.384. The second-order valence-electron chi connectivity index (χ2n) is 3.61. The maximum Gasteiger partial charge on any atom is 0.271 e. The van der Waals surface area contributed by atoms with Crippen LogP contribution in [0.5, 0.6) is 0 Å². The van der Waals surface area contributed by atoms with Gasteiger partial charge in [-0.15, -0.1) is 0 Å². The van der Waals surface area contributed by atoms with Gasteiger partial charge in [0.05, 0.1) is 16.9 Å². The summed E-state index contributed by atoms with van der Waals surface area (Å²) in [6.45, 7) is -0.559. The molecule has 3 N–H and O–H groups in total. The fourth-order valence-corrected chi connectivity index (χ4v) is 2.19. The van der Waals surface area contributed by atoms with Crippen LogP contribution in [0.15, 0.2) is 24.3 Å². The zero-order valence-electron chi connectivity index (χ0n) is 9.94. The zero-order chi connectivity index (χ0) is 14.6. The number of nitro groups is 1. The zero-order valence-corrected chi connectivity index (χ0v) is 10.8. The molecule has 0 radical (unpaired) electrons. The van der Waals surface area contributed by atoms with Crippen LogP contribution in [0.3, 0.4) is 0 Å². The predicted octanol–water partition coefficient (Wildman–Crippen LogP) is -0.649. The number of carbonyl (C=O) groups excluding carboxylic acids is 1. The Kier molecular flexibility index (Phi) is 4.40. The Morgan fingerprint density at radius 2 is 2.16 bits per heavy atom. The molecule has 0 aliphatic carbocycles. The molecule has 0 saturated carbocycles. The SMILES string of the molecule is CS(=O)(=O)N(CC(=O)NN)c1cccc([N+](=O)[O-])c1. The molecule has 0 bridgehead atoms. The molecule has 1 aromatic carbocycles. The summed E-state index contributed by atoms with van der Waals surface area (Å²) in [4.78, 5) is 21.2. The molecule has 0 aliphatic rings. The summed E-state index contributed by atoms with van der Waals surface area (Å²) >= 11 is 0. The van der Waals surface area contributed by atoms with Crippen molar-refractivity contribution in [2.24, 2.45) is 5.84 Å². The number of nitrogens with two attached hydrogens (primary N) is 1. The van der Waals surface area contributed by atoms with Crippen LogP contribution in [0, 0.1) is 10.1 Å². The van der Waals surface area contributed by atoms with Crippen molar-refractivity contribution < 1.29 is 18.1 Å². The van der Waals surface area contributed by atoms with E-state index >= 15 is 0 Å². The van der Waals surface area contributed by atoms with E-state index < -0.39 is 27.4 Å². The van der Waals surface area contributed by atoms with Crippen LogP contribution >= 0.6 is 0 Å². The van der Waals surface area contributed by atoms with Gasteiger partial charge in [0.25, 0.3) is 11.6 Å². The van der Waals surface area contributed by atoms with Gasteiger partial charge < -0.3 is 0 Å². The number of benzene rings is 1. The molecule has 0 heterocycles. The Hall–Kier alpha value is -2.20. The van der Waals surface area contributed by atoms with Crippen molar-refractivity contribution in [1.82, 2.24) is 5.43 Å². The van der Waals surface area contributed by atoms with Crippen LogP contribution in [-0.2, 0) is 14.8 Å². The van der Waals surface area contributed by atoms with Gasteiger partial charge >= 0.3 is 0 Å². The van der Waals surface area contributed by atoms with Gasteiger partial charge in [-0.25, -0.2) is 14.3 Å². The van der Waals surface area contributed by atoms with Gasteiger partial charge in [-0.3, -0.25) is 24.6 Å². The highest BCUT2D eigenvalue weighted by molar-refractivity contribution is 7.92. The Bertz CT molecular complexity index is 600. The first-order valence-corrected chi connectivity index (χ1v) is 6.82. The molecule has 0 unspecified atom stereocenters. The molecule has 1 aromatic rings. The van der Waals surface area contributed by atoms with Crippen LogP contribution in [0.1, 0.15) is 0 Å². The van der Waals surface area contributed by atoms with E-state index in [1.807, 2.05) is 0 Å². The number of hydrazine groups is 1. The molecule has 10 heteroatoms. The lowest BCUT2D eigenvalue weighted by Crippen LogP contribution is -2.42. The normalized spacial score (nSPS) is 10.8. The van der Waals surface area contributed by atoms with Gasteiger partial charge in [0.1, 0.15) is 6.54 Å². The minimum atomic E-state index is -3.77. The van der Waals surface area contributed by atoms with Gasteiger partial charge in [-0.1, -0.05) is 6.07 Å². The van der Waals surface area contributed by atoms with E-state index in [2.05, 4.69) is 0 Å². The Morgan fingerprint density at radius 3 is 2.63 bits per heavy atom. The molecule has 0 spiro atoms. The molecule has 1 amide bonds. The number of hydrogen-bond acceptors (Lipinski definition) is 6. The van der Waals surface area contributed by atoms with Crippen molar-refractivity contribution in [3.05, 3.63) is 34.4 Å². The number of sulfonamides is 1. The van der Waals surface area contributed by atoms with Crippen LogP contribution in [-0.4, -0.2) is 32.0 Å². The molecule has 0 aliphatic heterocycles. The largest absolute Gasteiger partial charge is 0.293 e. The fourth-order valence-electron chi connectivity index (χ4n) is 1.34.